The predicted molar refractivity (Wildman–Crippen MR) is 69.9 cm³/mol. The van der Waals surface area contributed by atoms with Crippen LogP contribution >= 0.6 is 11.6 Å². The molecule has 0 radical (unpaired) electrons. The molecular formula is C9H12ClN5O3S. The molecule has 19 heavy (non-hydrogen) atoms. The minimum Gasteiger partial charge on any atom is -0.394 e. The third-order valence-electron chi connectivity index (χ3n) is 2.70. The van der Waals surface area contributed by atoms with Crippen molar-refractivity contribution in [2.24, 2.45) is 11.1 Å². The van der Waals surface area contributed by atoms with Crippen molar-refractivity contribution in [3.05, 3.63) is 11.5 Å². The van der Waals surface area contributed by atoms with Crippen LogP contribution in [0.15, 0.2) is 6.20 Å². The van der Waals surface area contributed by atoms with Gasteiger partial charge in [0.1, 0.15) is 0 Å². The van der Waals surface area contributed by atoms with Crippen molar-refractivity contribution in [2.45, 2.75) is 6.42 Å². The molecule has 0 bridgehead atoms. The molecule has 1 unspecified atom stereocenters. The monoisotopic (exact) mass is 305 g/mol. The van der Waals surface area contributed by atoms with Crippen LogP contribution in [0.5, 0.6) is 0 Å². The van der Waals surface area contributed by atoms with Crippen LogP contribution in [0.25, 0.3) is 0 Å². The van der Waals surface area contributed by atoms with Crippen LogP contribution in [0.4, 0.5) is 11.5 Å². The lowest BCUT2D eigenvalue weighted by molar-refractivity contribution is -0.117. The van der Waals surface area contributed by atoms with Gasteiger partial charge in [0.2, 0.25) is 21.2 Å². The molecule has 1 fully saturated rings. The van der Waals surface area contributed by atoms with E-state index in [-0.39, 0.29) is 47.3 Å². The highest BCUT2D eigenvalue weighted by atomic mass is 35.5. The van der Waals surface area contributed by atoms with E-state index < -0.39 is 10.0 Å². The van der Waals surface area contributed by atoms with Crippen LogP contribution in [0, 0.1) is 5.92 Å². The minimum atomic E-state index is -3.62. The number of carbonyl (C=O) groups excluding carboxylic acids is 1. The van der Waals surface area contributed by atoms with Gasteiger partial charge in [0.25, 0.3) is 0 Å². The standard InChI is InChI=1S/C9H12ClN5O3S/c10-9-13-2-6(11)8(14-9)15-3-5(1-7(15)16)4-19(12,17)18/h2,5H,1,3-4,11H2,(H2,12,17,18). The lowest BCUT2D eigenvalue weighted by Gasteiger charge is -2.17. The van der Waals surface area contributed by atoms with Gasteiger partial charge in [-0.1, -0.05) is 0 Å². The summed E-state index contributed by atoms with van der Waals surface area (Å²) in [7, 11) is -3.62. The number of halogens is 1. The Morgan fingerprint density at radius 3 is 2.84 bits per heavy atom. The van der Waals surface area contributed by atoms with Gasteiger partial charge in [-0.3, -0.25) is 9.69 Å². The summed E-state index contributed by atoms with van der Waals surface area (Å²) in [6.45, 7) is 0.187. The Morgan fingerprint density at radius 2 is 2.21 bits per heavy atom. The summed E-state index contributed by atoms with van der Waals surface area (Å²) in [5.74, 6) is -0.707. The minimum absolute atomic E-state index is 0.0353. The molecule has 0 aromatic carbocycles. The van der Waals surface area contributed by atoms with Gasteiger partial charge < -0.3 is 5.73 Å². The number of carbonyl (C=O) groups is 1. The smallest absolute Gasteiger partial charge is 0.228 e. The second-order valence-corrected chi connectivity index (χ2v) is 6.32. The summed E-state index contributed by atoms with van der Waals surface area (Å²) in [5, 5.41) is 4.93. The van der Waals surface area contributed by atoms with Crippen molar-refractivity contribution in [3.63, 3.8) is 0 Å². The number of rotatable bonds is 3. The maximum absolute atomic E-state index is 11.9. The largest absolute Gasteiger partial charge is 0.394 e. The van der Waals surface area contributed by atoms with Crippen LogP contribution in [0.2, 0.25) is 5.28 Å². The fraction of sp³-hybridized carbons (Fsp3) is 0.444. The number of anilines is 2. The Hall–Kier alpha value is -1.45. The van der Waals surface area contributed by atoms with E-state index in [0.717, 1.165) is 0 Å². The highest BCUT2D eigenvalue weighted by molar-refractivity contribution is 7.89. The van der Waals surface area contributed by atoms with E-state index in [1.54, 1.807) is 0 Å². The van der Waals surface area contributed by atoms with E-state index in [1.165, 1.54) is 11.1 Å². The SMILES string of the molecule is Nc1cnc(Cl)nc1N1CC(CS(N)(=O)=O)CC1=O. The number of nitrogens with two attached hydrogens (primary N) is 2. The molecule has 1 aliphatic rings. The zero-order valence-electron chi connectivity index (χ0n) is 9.78. The molecule has 1 aliphatic heterocycles. The van der Waals surface area contributed by atoms with Crippen LogP contribution in [0.3, 0.4) is 0 Å². The van der Waals surface area contributed by atoms with Crippen molar-refractivity contribution in [1.29, 1.82) is 0 Å². The van der Waals surface area contributed by atoms with E-state index in [2.05, 4.69) is 9.97 Å². The molecule has 0 saturated carbocycles. The molecule has 0 spiro atoms. The number of hydrogen-bond acceptors (Lipinski definition) is 6. The lowest BCUT2D eigenvalue weighted by atomic mass is 10.1. The average molecular weight is 306 g/mol. The van der Waals surface area contributed by atoms with Gasteiger partial charge in [0.15, 0.2) is 5.82 Å². The first-order valence-corrected chi connectivity index (χ1v) is 7.44. The summed E-state index contributed by atoms with van der Waals surface area (Å²) in [4.78, 5) is 20.7. The molecule has 8 nitrogen and oxygen atoms in total. The summed E-state index contributed by atoms with van der Waals surface area (Å²) >= 11 is 5.65. The van der Waals surface area contributed by atoms with Crippen molar-refractivity contribution < 1.29 is 13.2 Å². The molecule has 1 amide bonds. The van der Waals surface area contributed by atoms with E-state index in [1.807, 2.05) is 0 Å². The van der Waals surface area contributed by atoms with Crippen molar-refractivity contribution in [1.82, 2.24) is 9.97 Å². The molecular weight excluding hydrogens is 294 g/mol. The van der Waals surface area contributed by atoms with Gasteiger partial charge >= 0.3 is 0 Å². The molecule has 1 saturated heterocycles. The van der Waals surface area contributed by atoms with Crippen LogP contribution < -0.4 is 15.8 Å². The number of sulfonamides is 1. The third kappa shape index (κ3) is 3.31. The maximum atomic E-state index is 11.9. The number of nitrogens with zero attached hydrogens (tertiary/aromatic N) is 3. The van der Waals surface area contributed by atoms with E-state index in [9.17, 15) is 13.2 Å². The molecule has 2 heterocycles. The summed E-state index contributed by atoms with van der Waals surface area (Å²) in [6, 6.07) is 0. The molecule has 1 aromatic heterocycles. The maximum Gasteiger partial charge on any atom is 0.228 e. The summed E-state index contributed by atoms with van der Waals surface area (Å²) < 4.78 is 22.1. The topological polar surface area (TPSA) is 132 Å². The van der Waals surface area contributed by atoms with Crippen molar-refractivity contribution in [3.8, 4) is 0 Å². The quantitative estimate of drug-likeness (QED) is 0.713. The van der Waals surface area contributed by atoms with Gasteiger partial charge in [0, 0.05) is 18.9 Å². The van der Waals surface area contributed by atoms with Gasteiger partial charge in [0.05, 0.1) is 17.6 Å². The van der Waals surface area contributed by atoms with Crippen molar-refractivity contribution >= 4 is 39.0 Å². The van der Waals surface area contributed by atoms with E-state index >= 15 is 0 Å². The molecule has 104 valence electrons. The van der Waals surface area contributed by atoms with Crippen LogP contribution in [-0.2, 0) is 14.8 Å². The first-order valence-electron chi connectivity index (χ1n) is 5.35. The summed E-state index contributed by atoms with van der Waals surface area (Å²) in [5.41, 5.74) is 5.89. The van der Waals surface area contributed by atoms with Crippen LogP contribution in [0.1, 0.15) is 6.42 Å². The normalized spacial score (nSPS) is 20.0. The first-order chi connectivity index (χ1) is 8.76. The van der Waals surface area contributed by atoms with Crippen LogP contribution in [-0.4, -0.2) is 36.6 Å². The number of amides is 1. The molecule has 2 rings (SSSR count). The predicted octanol–water partition coefficient (Wildman–Crippen LogP) is -0.646. The highest BCUT2D eigenvalue weighted by Crippen LogP contribution is 2.28. The van der Waals surface area contributed by atoms with Gasteiger partial charge in [-0.05, 0) is 11.6 Å². The van der Waals surface area contributed by atoms with Gasteiger partial charge in [-0.25, -0.2) is 18.5 Å². The summed E-state index contributed by atoms with van der Waals surface area (Å²) in [6.07, 6.45) is 1.38. The van der Waals surface area contributed by atoms with E-state index in [0.29, 0.717) is 0 Å². The Kier molecular flexibility index (Phi) is 3.61. The Balaban J connectivity index is 2.23. The average Bonchev–Trinajstić information content (AvgIpc) is 2.60. The second kappa shape index (κ2) is 4.91. The van der Waals surface area contributed by atoms with E-state index in [4.69, 9.17) is 22.5 Å². The molecule has 1 aromatic rings. The molecule has 10 heteroatoms. The Bertz CT molecular complexity index is 620. The number of nitrogen functional groups attached to an aromatic ring is 1. The molecule has 4 N–H and O–H groups in total. The van der Waals surface area contributed by atoms with Gasteiger partial charge in [-0.2, -0.15) is 4.98 Å². The Morgan fingerprint density at radius 1 is 1.53 bits per heavy atom. The number of aromatic nitrogens is 2. The molecule has 1 atom stereocenters. The first kappa shape index (κ1) is 14.0. The van der Waals surface area contributed by atoms with Crippen molar-refractivity contribution in [2.75, 3.05) is 22.9 Å². The fourth-order valence-corrected chi connectivity index (χ4v) is 3.01. The number of primary sulfonamides is 1. The lowest BCUT2D eigenvalue weighted by Crippen LogP contribution is -2.28. The second-order valence-electron chi connectivity index (χ2n) is 4.32. The highest BCUT2D eigenvalue weighted by Gasteiger charge is 2.34. The third-order valence-corrected chi connectivity index (χ3v) is 3.81. The zero-order valence-corrected chi connectivity index (χ0v) is 11.4. The molecule has 0 aliphatic carbocycles. The Labute approximate surface area is 114 Å². The van der Waals surface area contributed by atoms with Gasteiger partial charge in [-0.15, -0.1) is 0 Å². The number of hydrogen-bond donors (Lipinski definition) is 2. The fourth-order valence-electron chi connectivity index (χ4n) is 2.00. The zero-order chi connectivity index (χ0) is 14.2.